The standard InChI is InChI=1S/C13H20O5.C12H18O5.C11H16O6.2C11H16O5.2C10H14O5.C9H12O5.C9H12O3/c1-3-12(15)17-8-6-4-5-7-9-18-13(16)10-11(2)14;1-9(2)12(15)17-7-5-4-6-16-11(14)8-10(3)13;1-7(2)9(12)17-6-5-8(10(13)15-3)11(14)16-4;1-4-8(12)7-9(10(13)15-5-2)11(14)16-6-3;1-3-10(13)15-6-4-5-7-16-11(14)8-9(2)12;1-7(2)10(13)15-5-4-14-9(12)6-8(3)11;1-4-9(12)14-6-8(3)15-10(13)5-7(2)11;1-3-8(11)13-4-5-14-9(12)6-7(2)10;1-3-8(11)4-5-9(12)6-7(2)10/h3H,1,4-10H2,2H3;1,4-8H2,2-3H3;8H,1,5-6H2,2-4H3;4,9H,1,5-7H2,2-3H3;3H,1,4-8H2,2H3;1,4-6H2,2-3H3;4,8H,1,5-6H2,2-3H3;3H,1,4-6H2,2H3;3H,1,4-6H2,2H3. The highest BCUT2D eigenvalue weighted by atomic mass is 16.6. The first-order chi connectivity index (χ1) is 65.5. The molecule has 44 heteroatoms. The molecule has 0 aromatic carbocycles. The summed E-state index contributed by atoms with van der Waals surface area (Å²) in [7, 11) is 2.33. The van der Waals surface area contributed by atoms with E-state index in [-0.39, 0.29) is 213 Å². The Hall–Kier alpha value is -14.7. The average molecular weight is 2000 g/mol. The Labute approximate surface area is 815 Å². The zero-order chi connectivity index (χ0) is 110. The number of methoxy groups -OCH3 is 2. The molecule has 140 heavy (non-hydrogen) atoms. The summed E-state index contributed by atoms with van der Waals surface area (Å²) >= 11 is 0. The Morgan fingerprint density at radius 1 is 0.264 bits per heavy atom. The number of carbonyl (C=O) groups is 27. The van der Waals surface area contributed by atoms with Crippen LogP contribution in [0.1, 0.15) is 212 Å². The molecule has 0 rings (SSSR count). The molecular formula is C96H138O44. The minimum absolute atomic E-state index is 0.0123. The van der Waals surface area contributed by atoms with Gasteiger partial charge in [-0.05, 0) is 154 Å². The second-order valence-corrected chi connectivity index (χ2v) is 28.1. The molecular weight excluding hydrogens is 1860 g/mol. The van der Waals surface area contributed by atoms with Crippen molar-refractivity contribution in [1.29, 1.82) is 0 Å². The largest absolute Gasteiger partial charge is 0.468 e. The van der Waals surface area contributed by atoms with Crippen LogP contribution in [0, 0.1) is 11.8 Å². The van der Waals surface area contributed by atoms with E-state index in [1.807, 2.05) is 0 Å². The minimum Gasteiger partial charge on any atom is -0.468 e. The van der Waals surface area contributed by atoms with E-state index in [0.717, 1.165) is 70.3 Å². The van der Waals surface area contributed by atoms with Crippen molar-refractivity contribution in [3.05, 3.63) is 112 Å². The van der Waals surface area contributed by atoms with Gasteiger partial charge in [0.25, 0.3) is 0 Å². The molecule has 44 nitrogen and oxygen atoms in total. The number of esters is 17. The first-order valence-electron chi connectivity index (χ1n) is 42.9. The van der Waals surface area contributed by atoms with Crippen molar-refractivity contribution >= 4 is 159 Å². The van der Waals surface area contributed by atoms with Gasteiger partial charge < -0.3 is 80.5 Å². The predicted octanol–water partition coefficient (Wildman–Crippen LogP) is 8.12. The van der Waals surface area contributed by atoms with E-state index >= 15 is 0 Å². The normalized spacial score (nSPS) is 9.61. The maximum absolute atomic E-state index is 11.4. The lowest BCUT2D eigenvalue weighted by Crippen LogP contribution is -2.29. The molecule has 0 aromatic rings. The molecule has 0 aromatic heterocycles. The average Bonchev–Trinajstić information content (AvgIpc) is 0.892. The zero-order valence-electron chi connectivity index (χ0n) is 82.9. The van der Waals surface area contributed by atoms with Gasteiger partial charge in [0.1, 0.15) is 124 Å². The van der Waals surface area contributed by atoms with E-state index in [4.69, 9.17) is 47.4 Å². The van der Waals surface area contributed by atoms with Crippen molar-refractivity contribution in [2.75, 3.05) is 107 Å². The first-order valence-corrected chi connectivity index (χ1v) is 42.9. The van der Waals surface area contributed by atoms with Crippen molar-refractivity contribution in [1.82, 2.24) is 0 Å². The quantitative estimate of drug-likeness (QED) is 0.0182. The van der Waals surface area contributed by atoms with Crippen LogP contribution in [0.15, 0.2) is 112 Å². The molecule has 0 bridgehead atoms. The molecule has 0 saturated carbocycles. The Bertz CT molecular complexity index is 4070. The number of Topliss-reactive ketones (excluding diaryl/α,β-unsaturated/α-hetero) is 8. The summed E-state index contributed by atoms with van der Waals surface area (Å²) in [6.07, 6.45) is 10.3. The van der Waals surface area contributed by atoms with Crippen LogP contribution in [0.4, 0.5) is 0 Å². The lowest BCUT2D eigenvalue weighted by molar-refractivity contribution is -0.163. The van der Waals surface area contributed by atoms with Crippen molar-refractivity contribution in [2.45, 2.75) is 218 Å². The summed E-state index contributed by atoms with van der Waals surface area (Å²) < 4.78 is 79.6. The van der Waals surface area contributed by atoms with Gasteiger partial charge in [-0.15, -0.1) is 0 Å². The fourth-order valence-corrected chi connectivity index (χ4v) is 7.85. The van der Waals surface area contributed by atoms with E-state index in [1.165, 1.54) is 68.4 Å². The van der Waals surface area contributed by atoms with Crippen LogP contribution in [-0.4, -0.2) is 272 Å². The van der Waals surface area contributed by atoms with E-state index in [1.54, 1.807) is 27.7 Å². The summed E-state index contributed by atoms with van der Waals surface area (Å²) in [5.74, 6) is -14.4. The SMILES string of the molecule is C=C(C)C(=O)OCCC(C(=O)OC)C(=O)OC.C=C(C)C(=O)OCCCCOC(=O)CC(C)=O.C=C(C)C(=O)OCCOC(=O)CC(C)=O.C=CC(=O)CC(C(=O)OCC)C(=O)OCC.C=CC(=O)CCC(=O)CC(C)=O.C=CC(=O)OCC(C)OC(=O)CC(C)=O.C=CC(=O)OCCCCCCOC(=O)CC(C)=O.C=CC(=O)OCCCCOC(=O)CC(C)=O.C=CC(=O)OCCOC(=O)CC(C)=O. The van der Waals surface area contributed by atoms with Gasteiger partial charge >= 0.3 is 101 Å². The third-order valence-electron chi connectivity index (χ3n) is 14.4. The fraction of sp³-hybridized carbons (Fsp3) is 0.531. The summed E-state index contributed by atoms with van der Waals surface area (Å²) in [5.41, 5.74) is 0.889. The van der Waals surface area contributed by atoms with E-state index in [9.17, 15) is 129 Å². The molecule has 0 radical (unpaired) electrons. The van der Waals surface area contributed by atoms with Gasteiger partial charge in [-0.3, -0.25) is 95.9 Å². The molecule has 0 heterocycles. The monoisotopic (exact) mass is 1990 g/mol. The Balaban J connectivity index is -0.000000197. The number of carbonyl (C=O) groups excluding carboxylic acids is 27. The first kappa shape index (κ1) is 143. The Morgan fingerprint density at radius 3 is 0.814 bits per heavy atom. The van der Waals surface area contributed by atoms with Crippen LogP contribution >= 0.6 is 0 Å². The van der Waals surface area contributed by atoms with Crippen LogP contribution in [0.3, 0.4) is 0 Å². The molecule has 0 amide bonds. The van der Waals surface area contributed by atoms with Crippen molar-refractivity contribution in [3.8, 4) is 0 Å². The lowest BCUT2D eigenvalue weighted by atomic mass is 10.0. The smallest absolute Gasteiger partial charge is 0.333 e. The second-order valence-electron chi connectivity index (χ2n) is 28.1. The van der Waals surface area contributed by atoms with Gasteiger partial charge in [0.05, 0.1) is 80.1 Å². The van der Waals surface area contributed by atoms with Crippen molar-refractivity contribution < 1.29 is 210 Å². The number of rotatable bonds is 63. The van der Waals surface area contributed by atoms with E-state index in [0.29, 0.717) is 44.5 Å². The molecule has 0 aliphatic heterocycles. The number of hydrogen-bond acceptors (Lipinski definition) is 44. The molecule has 0 N–H and O–H groups in total. The van der Waals surface area contributed by atoms with Gasteiger partial charge in [-0.2, -0.15) is 0 Å². The van der Waals surface area contributed by atoms with Crippen molar-refractivity contribution in [2.24, 2.45) is 11.8 Å². The summed E-state index contributed by atoms with van der Waals surface area (Å²) in [6.45, 7) is 50.1. The van der Waals surface area contributed by atoms with Crippen LogP contribution in [0.5, 0.6) is 0 Å². The molecule has 0 spiro atoms. The Kier molecular flexibility index (Phi) is 98.2. The molecule has 0 aliphatic carbocycles. The van der Waals surface area contributed by atoms with Gasteiger partial charge in [-0.25, -0.2) is 33.6 Å². The second kappa shape index (κ2) is 96.1. The van der Waals surface area contributed by atoms with E-state index < -0.39 is 125 Å². The minimum atomic E-state index is -1.19. The molecule has 0 fully saturated rings. The number of unbranched alkanes of at least 4 members (excludes halogenated alkanes) is 5. The third-order valence-corrected chi connectivity index (χ3v) is 14.4. The van der Waals surface area contributed by atoms with Crippen LogP contribution in [-0.2, 0) is 210 Å². The number of ether oxygens (including phenoxy) is 17. The van der Waals surface area contributed by atoms with Gasteiger partial charge in [0.2, 0.25) is 0 Å². The molecule has 1 atom stereocenters. The Morgan fingerprint density at radius 2 is 0.521 bits per heavy atom. The van der Waals surface area contributed by atoms with Gasteiger partial charge in [0, 0.05) is 66.7 Å². The summed E-state index contributed by atoms with van der Waals surface area (Å²) in [5, 5.41) is 0. The number of allylic oxidation sites excluding steroid dienone is 2. The molecule has 786 valence electrons. The predicted molar refractivity (Wildman–Crippen MR) is 494 cm³/mol. The highest BCUT2D eigenvalue weighted by Gasteiger charge is 2.32. The number of hydrogen-bond donors (Lipinski definition) is 0. The summed E-state index contributed by atoms with van der Waals surface area (Å²) in [6, 6.07) is 0. The molecule has 0 saturated heterocycles. The topological polar surface area (TPSA) is 618 Å². The maximum atomic E-state index is 11.4. The lowest BCUT2D eigenvalue weighted by Gasteiger charge is -2.12. The van der Waals surface area contributed by atoms with Gasteiger partial charge in [0.15, 0.2) is 23.4 Å². The zero-order valence-corrected chi connectivity index (χ0v) is 82.9. The summed E-state index contributed by atoms with van der Waals surface area (Å²) in [4.78, 5) is 292. The highest BCUT2D eigenvalue weighted by Crippen LogP contribution is 2.13. The fourth-order valence-electron chi connectivity index (χ4n) is 7.85. The van der Waals surface area contributed by atoms with Gasteiger partial charge in [-0.1, -0.05) is 59.2 Å². The maximum Gasteiger partial charge on any atom is 0.333 e. The van der Waals surface area contributed by atoms with Crippen LogP contribution in [0.2, 0.25) is 0 Å². The molecule has 1 unspecified atom stereocenters. The third kappa shape index (κ3) is 109. The number of ketones is 10. The molecule has 0 aliphatic rings. The highest BCUT2D eigenvalue weighted by molar-refractivity contribution is 6.03. The van der Waals surface area contributed by atoms with E-state index in [2.05, 4.69) is 92.4 Å². The van der Waals surface area contributed by atoms with Crippen LogP contribution < -0.4 is 0 Å². The van der Waals surface area contributed by atoms with Crippen LogP contribution in [0.25, 0.3) is 0 Å². The van der Waals surface area contributed by atoms with Crippen molar-refractivity contribution in [3.63, 3.8) is 0 Å².